The number of rotatable bonds is 6. The zero-order chi connectivity index (χ0) is 22.6. The van der Waals surface area contributed by atoms with Crippen molar-refractivity contribution in [2.75, 3.05) is 11.6 Å². The quantitative estimate of drug-likeness (QED) is 0.226. The van der Waals surface area contributed by atoms with Gasteiger partial charge in [0.25, 0.3) is 0 Å². The third kappa shape index (κ3) is 5.31. The molecule has 0 amide bonds. The third-order valence-electron chi connectivity index (χ3n) is 4.17. The number of ketones is 1. The number of hydrogen-bond donors (Lipinski definition) is 1. The summed E-state index contributed by atoms with van der Waals surface area (Å²) in [7, 11) is 0. The van der Waals surface area contributed by atoms with Crippen LogP contribution in [0.1, 0.15) is 14.5 Å². The molecule has 0 atom stereocenters. The second-order valence-corrected chi connectivity index (χ2v) is 8.50. The number of carbonyl (C=O) groups excluding carboxylic acids is 1. The van der Waals surface area contributed by atoms with Crippen molar-refractivity contribution in [3.8, 4) is 17.2 Å². The van der Waals surface area contributed by atoms with E-state index in [2.05, 4.69) is 5.32 Å². The van der Waals surface area contributed by atoms with Gasteiger partial charge >= 0.3 is 6.18 Å². The van der Waals surface area contributed by atoms with Gasteiger partial charge < -0.3 is 5.32 Å². The average molecular weight is 479 g/mol. The Morgan fingerprint density at radius 1 is 1.13 bits per heavy atom. The lowest BCUT2D eigenvalue weighted by Crippen LogP contribution is -2.08. The highest BCUT2D eigenvalue weighted by Gasteiger charge is 2.37. The highest BCUT2D eigenvalue weighted by molar-refractivity contribution is 8.02. The first-order chi connectivity index (χ1) is 14.7. The molecule has 0 bridgehead atoms. The minimum Gasteiger partial charge on any atom is -0.349 e. The van der Waals surface area contributed by atoms with Gasteiger partial charge in [-0.25, -0.2) is 0 Å². The van der Waals surface area contributed by atoms with Crippen LogP contribution in [0.2, 0.25) is 5.02 Å². The number of allylic oxidation sites excluding steroid dienone is 1. The van der Waals surface area contributed by atoms with Gasteiger partial charge in [-0.15, -0.1) is 23.1 Å². The minimum absolute atomic E-state index is 0.0879. The molecule has 9 heteroatoms. The molecular formula is C22H14ClF3N2OS2. The molecule has 0 spiro atoms. The Balaban J connectivity index is 2.05. The van der Waals surface area contributed by atoms with E-state index in [9.17, 15) is 23.2 Å². The van der Waals surface area contributed by atoms with Gasteiger partial charge in [0, 0.05) is 16.3 Å². The zero-order valence-electron chi connectivity index (χ0n) is 16.0. The van der Waals surface area contributed by atoms with Crippen LogP contribution >= 0.6 is 34.7 Å². The zero-order valence-corrected chi connectivity index (χ0v) is 18.3. The first kappa shape index (κ1) is 22.9. The predicted octanol–water partition coefficient (Wildman–Crippen LogP) is 7.48. The number of thiophene rings is 1. The fourth-order valence-corrected chi connectivity index (χ4v) is 4.44. The van der Waals surface area contributed by atoms with Crippen molar-refractivity contribution in [2.45, 2.75) is 6.18 Å². The fourth-order valence-electron chi connectivity index (χ4n) is 2.75. The Hall–Kier alpha value is -2.73. The molecule has 1 heterocycles. The number of hydrogen-bond acceptors (Lipinski definition) is 5. The van der Waals surface area contributed by atoms with Crippen molar-refractivity contribution < 1.29 is 18.0 Å². The molecule has 0 saturated carbocycles. The normalized spacial score (nSPS) is 12.1. The summed E-state index contributed by atoms with van der Waals surface area (Å²) in [4.78, 5) is 12.0. The lowest BCUT2D eigenvalue weighted by Gasteiger charge is -2.10. The topological polar surface area (TPSA) is 52.9 Å². The average Bonchev–Trinajstić information content (AvgIpc) is 3.21. The molecule has 0 unspecified atom stereocenters. The Kier molecular flexibility index (Phi) is 7.11. The SMILES string of the molecule is CS/C(Nc1ccc(Cl)cc1)=C(/C#N)C(=O)c1cc(-c2ccccc2)c(C(F)(F)F)s1. The Labute approximate surface area is 190 Å². The molecule has 158 valence electrons. The van der Waals surface area contributed by atoms with Crippen LogP contribution in [0, 0.1) is 11.3 Å². The molecule has 0 aliphatic heterocycles. The molecule has 0 radical (unpaired) electrons. The number of alkyl halides is 3. The van der Waals surface area contributed by atoms with Crippen LogP contribution in [0.15, 0.2) is 71.3 Å². The maximum Gasteiger partial charge on any atom is 0.426 e. The van der Waals surface area contributed by atoms with E-state index in [1.807, 2.05) is 6.07 Å². The number of nitrogens with one attached hydrogen (secondary N) is 1. The van der Waals surface area contributed by atoms with Gasteiger partial charge in [0.2, 0.25) is 5.78 Å². The predicted molar refractivity (Wildman–Crippen MR) is 120 cm³/mol. The van der Waals surface area contributed by atoms with Gasteiger partial charge in [-0.2, -0.15) is 18.4 Å². The van der Waals surface area contributed by atoms with Crippen molar-refractivity contribution in [3.05, 3.63) is 86.0 Å². The van der Waals surface area contributed by atoms with E-state index in [1.54, 1.807) is 60.9 Å². The lowest BCUT2D eigenvalue weighted by molar-refractivity contribution is -0.133. The van der Waals surface area contributed by atoms with Crippen molar-refractivity contribution in [1.29, 1.82) is 5.26 Å². The van der Waals surface area contributed by atoms with Crippen molar-refractivity contribution in [3.63, 3.8) is 0 Å². The Morgan fingerprint density at radius 2 is 1.77 bits per heavy atom. The highest BCUT2D eigenvalue weighted by Crippen LogP contribution is 2.43. The first-order valence-corrected chi connectivity index (χ1v) is 11.2. The van der Waals surface area contributed by atoms with Gasteiger partial charge in [-0.3, -0.25) is 4.79 Å². The summed E-state index contributed by atoms with van der Waals surface area (Å²) in [6.07, 6.45) is -2.97. The molecular weight excluding hydrogens is 465 g/mol. The summed E-state index contributed by atoms with van der Waals surface area (Å²) in [6.45, 7) is 0. The molecule has 3 rings (SSSR count). The molecule has 1 N–H and O–H groups in total. The van der Waals surface area contributed by atoms with Crippen LogP contribution in [0.25, 0.3) is 11.1 Å². The molecule has 0 fully saturated rings. The standard InChI is InChI=1S/C22H14ClF3N2OS2/c1-30-21(28-15-9-7-14(23)8-10-15)17(12-27)19(29)18-11-16(13-5-3-2-4-6-13)20(31-18)22(24,25)26/h2-11,28H,1H3/b21-17-. The van der Waals surface area contributed by atoms with Crippen molar-refractivity contribution in [1.82, 2.24) is 0 Å². The van der Waals surface area contributed by atoms with Gasteiger partial charge in [0.05, 0.1) is 9.91 Å². The van der Waals surface area contributed by atoms with Gasteiger partial charge in [0.15, 0.2) is 0 Å². The number of anilines is 1. The van der Waals surface area contributed by atoms with E-state index in [0.29, 0.717) is 27.6 Å². The van der Waals surface area contributed by atoms with E-state index >= 15 is 0 Å². The number of benzene rings is 2. The fraction of sp³-hybridized carbons (Fsp3) is 0.0909. The molecule has 3 aromatic rings. The summed E-state index contributed by atoms with van der Waals surface area (Å²) >= 11 is 7.31. The summed E-state index contributed by atoms with van der Waals surface area (Å²) in [5.74, 6) is -0.772. The van der Waals surface area contributed by atoms with E-state index in [4.69, 9.17) is 11.6 Å². The number of nitriles is 1. The van der Waals surface area contributed by atoms with Crippen molar-refractivity contribution in [2.24, 2.45) is 0 Å². The minimum atomic E-state index is -4.63. The maximum absolute atomic E-state index is 13.6. The Morgan fingerprint density at radius 3 is 2.32 bits per heavy atom. The maximum atomic E-state index is 13.6. The van der Waals surface area contributed by atoms with Gasteiger partial charge in [0.1, 0.15) is 16.5 Å². The van der Waals surface area contributed by atoms with Crippen LogP contribution in [-0.4, -0.2) is 12.0 Å². The molecule has 0 aliphatic rings. The summed E-state index contributed by atoms with van der Waals surface area (Å²) < 4.78 is 40.9. The monoisotopic (exact) mass is 478 g/mol. The van der Waals surface area contributed by atoms with Crippen LogP contribution in [0.3, 0.4) is 0 Å². The number of thioether (sulfide) groups is 1. The molecule has 2 aromatic carbocycles. The molecule has 0 aliphatic carbocycles. The van der Waals surface area contributed by atoms with Crippen LogP contribution in [-0.2, 0) is 6.18 Å². The van der Waals surface area contributed by atoms with Crippen LogP contribution in [0.5, 0.6) is 0 Å². The van der Waals surface area contributed by atoms with E-state index in [1.165, 1.54) is 6.07 Å². The number of carbonyl (C=O) groups is 1. The smallest absolute Gasteiger partial charge is 0.349 e. The molecule has 0 saturated heterocycles. The lowest BCUT2D eigenvalue weighted by atomic mass is 10.0. The molecule has 1 aromatic heterocycles. The molecule has 3 nitrogen and oxygen atoms in total. The summed E-state index contributed by atoms with van der Waals surface area (Å²) in [5.41, 5.74) is 0.575. The molecule has 31 heavy (non-hydrogen) atoms. The van der Waals surface area contributed by atoms with E-state index in [0.717, 1.165) is 11.8 Å². The third-order valence-corrected chi connectivity index (χ3v) is 6.32. The first-order valence-electron chi connectivity index (χ1n) is 8.76. The summed E-state index contributed by atoms with van der Waals surface area (Å²) in [5, 5.41) is 13.3. The summed E-state index contributed by atoms with van der Waals surface area (Å²) in [6, 6.07) is 17.7. The Bertz CT molecular complexity index is 1160. The number of Topliss-reactive ketones (excluding diaryl/α,β-unsaturated/α-hetero) is 1. The van der Waals surface area contributed by atoms with Crippen LogP contribution in [0.4, 0.5) is 18.9 Å². The van der Waals surface area contributed by atoms with Crippen molar-refractivity contribution >= 4 is 46.2 Å². The van der Waals surface area contributed by atoms with Gasteiger partial charge in [-0.1, -0.05) is 41.9 Å². The number of nitrogens with zero attached hydrogens (tertiary/aromatic N) is 1. The number of halogens is 4. The highest BCUT2D eigenvalue weighted by atomic mass is 35.5. The second-order valence-electron chi connectivity index (χ2n) is 6.20. The van der Waals surface area contributed by atoms with E-state index < -0.39 is 16.8 Å². The largest absolute Gasteiger partial charge is 0.426 e. The van der Waals surface area contributed by atoms with E-state index in [-0.39, 0.29) is 21.0 Å². The van der Waals surface area contributed by atoms with Gasteiger partial charge in [-0.05, 0) is 42.2 Å². The second kappa shape index (κ2) is 9.60. The van der Waals surface area contributed by atoms with Crippen LogP contribution < -0.4 is 5.32 Å².